The van der Waals surface area contributed by atoms with Gasteiger partial charge in [0.25, 0.3) is 10.2 Å². The summed E-state index contributed by atoms with van der Waals surface area (Å²) < 4.78 is 24.5. The number of carbonyl (C=O) groups is 1. The Hall–Kier alpha value is -0.660. The zero-order valence-corrected chi connectivity index (χ0v) is 7.41. The second-order valence-electron chi connectivity index (χ2n) is 2.56. The Morgan fingerprint density at radius 1 is 1.50 bits per heavy atom. The molecule has 1 rings (SSSR count). The van der Waals surface area contributed by atoms with Gasteiger partial charge in [0.1, 0.15) is 6.54 Å². The number of aliphatic carboxylic acids is 1. The number of carboxylic acids is 1. The van der Waals surface area contributed by atoms with E-state index in [2.05, 4.69) is 0 Å². The standard InChI is InChI=1S/C5H10N2O4S/c1-6-2-3-7(4-5(8)9)12(6,10)11/h2-4H2,1H3,(H,8,9). The van der Waals surface area contributed by atoms with E-state index in [9.17, 15) is 13.2 Å². The van der Waals surface area contributed by atoms with Crippen LogP contribution < -0.4 is 0 Å². The van der Waals surface area contributed by atoms with Crippen LogP contribution in [0.3, 0.4) is 0 Å². The number of likely N-dealkylation sites (N-methyl/N-ethyl adjacent to an activating group) is 1. The average molecular weight is 194 g/mol. The third-order valence-electron chi connectivity index (χ3n) is 1.70. The molecule has 0 unspecified atom stereocenters. The molecule has 0 atom stereocenters. The first kappa shape index (κ1) is 9.43. The predicted octanol–water partition coefficient (Wildman–Crippen LogP) is -1.44. The van der Waals surface area contributed by atoms with Crippen LogP contribution in [0.5, 0.6) is 0 Å². The highest BCUT2D eigenvalue weighted by Crippen LogP contribution is 2.12. The van der Waals surface area contributed by atoms with Gasteiger partial charge in [0, 0.05) is 20.1 Å². The lowest BCUT2D eigenvalue weighted by atomic mass is 10.6. The number of hydrogen-bond donors (Lipinski definition) is 1. The predicted molar refractivity (Wildman–Crippen MR) is 40.8 cm³/mol. The maximum Gasteiger partial charge on any atom is 0.318 e. The van der Waals surface area contributed by atoms with Crippen LogP contribution in [0.25, 0.3) is 0 Å². The van der Waals surface area contributed by atoms with Crippen molar-refractivity contribution < 1.29 is 18.3 Å². The normalized spacial score (nSPS) is 24.4. The average Bonchev–Trinajstić information content (AvgIpc) is 2.15. The van der Waals surface area contributed by atoms with Crippen molar-refractivity contribution in [3.63, 3.8) is 0 Å². The van der Waals surface area contributed by atoms with Crippen LogP contribution in [-0.4, -0.2) is 54.8 Å². The van der Waals surface area contributed by atoms with Crippen molar-refractivity contribution in [1.82, 2.24) is 8.61 Å². The van der Waals surface area contributed by atoms with Crippen molar-refractivity contribution in [2.24, 2.45) is 0 Å². The van der Waals surface area contributed by atoms with Gasteiger partial charge in [-0.05, 0) is 0 Å². The van der Waals surface area contributed by atoms with Gasteiger partial charge in [-0.2, -0.15) is 17.0 Å². The van der Waals surface area contributed by atoms with Crippen LogP contribution in [0.4, 0.5) is 0 Å². The van der Waals surface area contributed by atoms with Crippen LogP contribution in [0.2, 0.25) is 0 Å². The van der Waals surface area contributed by atoms with Gasteiger partial charge in [-0.25, -0.2) is 0 Å². The van der Waals surface area contributed by atoms with E-state index in [0.717, 1.165) is 8.61 Å². The summed E-state index contributed by atoms with van der Waals surface area (Å²) in [6.07, 6.45) is 0. The van der Waals surface area contributed by atoms with E-state index in [4.69, 9.17) is 5.11 Å². The molecule has 1 fully saturated rings. The van der Waals surface area contributed by atoms with Gasteiger partial charge in [0.05, 0.1) is 0 Å². The Kier molecular flexibility index (Phi) is 2.36. The minimum absolute atomic E-state index is 0.255. The molecule has 7 heteroatoms. The molecule has 1 aliphatic rings. The molecule has 0 aromatic rings. The summed E-state index contributed by atoms with van der Waals surface area (Å²) in [5, 5.41) is 8.37. The summed E-state index contributed by atoms with van der Waals surface area (Å²) in [5.74, 6) is -1.13. The number of carboxylic acid groups (broad SMARTS) is 1. The molecule has 1 N–H and O–H groups in total. The highest BCUT2D eigenvalue weighted by molar-refractivity contribution is 7.87. The largest absolute Gasteiger partial charge is 0.480 e. The topological polar surface area (TPSA) is 77.9 Å². The van der Waals surface area contributed by atoms with Crippen molar-refractivity contribution in [2.75, 3.05) is 26.7 Å². The van der Waals surface area contributed by atoms with Crippen molar-refractivity contribution in [3.05, 3.63) is 0 Å². The molecule has 0 aromatic carbocycles. The van der Waals surface area contributed by atoms with Gasteiger partial charge in [0.15, 0.2) is 0 Å². The molecule has 0 bridgehead atoms. The Balaban J connectivity index is 2.76. The fraction of sp³-hybridized carbons (Fsp3) is 0.800. The van der Waals surface area contributed by atoms with Gasteiger partial charge in [-0.15, -0.1) is 0 Å². The molecule has 0 radical (unpaired) electrons. The lowest BCUT2D eigenvalue weighted by Crippen LogP contribution is -2.34. The van der Waals surface area contributed by atoms with Gasteiger partial charge in [-0.3, -0.25) is 4.79 Å². The molecule has 0 amide bonds. The third-order valence-corrected chi connectivity index (χ3v) is 3.63. The molecule has 12 heavy (non-hydrogen) atoms. The Morgan fingerprint density at radius 3 is 2.42 bits per heavy atom. The Bertz CT molecular complexity index is 286. The van der Waals surface area contributed by atoms with Crippen LogP contribution in [0, 0.1) is 0 Å². The fourth-order valence-electron chi connectivity index (χ4n) is 0.992. The molecule has 1 aliphatic heterocycles. The molecular weight excluding hydrogens is 184 g/mol. The Labute approximate surface area is 70.6 Å². The monoisotopic (exact) mass is 194 g/mol. The minimum Gasteiger partial charge on any atom is -0.480 e. The zero-order chi connectivity index (χ0) is 9.35. The molecule has 0 aromatic heterocycles. The lowest BCUT2D eigenvalue weighted by molar-refractivity contribution is -0.137. The highest BCUT2D eigenvalue weighted by Gasteiger charge is 2.34. The first-order valence-corrected chi connectivity index (χ1v) is 4.77. The van der Waals surface area contributed by atoms with E-state index >= 15 is 0 Å². The summed E-state index contributed by atoms with van der Waals surface area (Å²) in [6, 6.07) is 0. The fourth-order valence-corrected chi connectivity index (χ4v) is 2.28. The quantitative estimate of drug-likeness (QED) is 0.584. The van der Waals surface area contributed by atoms with Crippen molar-refractivity contribution in [3.8, 4) is 0 Å². The lowest BCUT2D eigenvalue weighted by Gasteiger charge is -2.12. The van der Waals surface area contributed by atoms with Gasteiger partial charge < -0.3 is 5.11 Å². The van der Waals surface area contributed by atoms with E-state index in [1.807, 2.05) is 0 Å². The first-order valence-electron chi connectivity index (χ1n) is 3.38. The smallest absolute Gasteiger partial charge is 0.318 e. The van der Waals surface area contributed by atoms with E-state index in [0.29, 0.717) is 6.54 Å². The van der Waals surface area contributed by atoms with E-state index in [-0.39, 0.29) is 6.54 Å². The third kappa shape index (κ3) is 1.57. The van der Waals surface area contributed by atoms with Crippen molar-refractivity contribution in [2.45, 2.75) is 0 Å². The second-order valence-corrected chi connectivity index (χ2v) is 4.59. The molecule has 0 saturated carbocycles. The zero-order valence-electron chi connectivity index (χ0n) is 6.60. The van der Waals surface area contributed by atoms with Crippen molar-refractivity contribution in [1.29, 1.82) is 0 Å². The van der Waals surface area contributed by atoms with Crippen LogP contribution in [0.15, 0.2) is 0 Å². The molecule has 70 valence electrons. The van der Waals surface area contributed by atoms with Gasteiger partial charge in [0.2, 0.25) is 0 Å². The summed E-state index contributed by atoms with van der Waals surface area (Å²) in [4.78, 5) is 10.2. The minimum atomic E-state index is -3.48. The van der Waals surface area contributed by atoms with Crippen LogP contribution >= 0.6 is 0 Å². The maximum atomic E-state index is 11.2. The highest BCUT2D eigenvalue weighted by atomic mass is 32.2. The molecule has 0 spiro atoms. The number of nitrogens with zero attached hydrogens (tertiary/aromatic N) is 2. The van der Waals surface area contributed by atoms with E-state index in [1.165, 1.54) is 7.05 Å². The summed E-state index contributed by atoms with van der Waals surface area (Å²) in [7, 11) is -2.05. The number of rotatable bonds is 2. The first-order chi connectivity index (χ1) is 5.44. The Morgan fingerprint density at radius 2 is 2.08 bits per heavy atom. The summed E-state index contributed by atoms with van der Waals surface area (Å²) in [5.41, 5.74) is 0. The van der Waals surface area contributed by atoms with Crippen molar-refractivity contribution >= 4 is 16.2 Å². The summed E-state index contributed by atoms with van der Waals surface area (Å²) >= 11 is 0. The molecule has 1 saturated heterocycles. The van der Waals surface area contributed by atoms with E-state index < -0.39 is 22.7 Å². The van der Waals surface area contributed by atoms with Crippen LogP contribution in [-0.2, 0) is 15.0 Å². The molecule has 6 nitrogen and oxygen atoms in total. The maximum absolute atomic E-state index is 11.2. The van der Waals surface area contributed by atoms with Gasteiger partial charge in [-0.1, -0.05) is 0 Å². The van der Waals surface area contributed by atoms with E-state index in [1.54, 1.807) is 0 Å². The van der Waals surface area contributed by atoms with Crippen LogP contribution in [0.1, 0.15) is 0 Å². The van der Waals surface area contributed by atoms with Gasteiger partial charge >= 0.3 is 5.97 Å². The second kappa shape index (κ2) is 3.00. The summed E-state index contributed by atoms with van der Waals surface area (Å²) in [6.45, 7) is 0.160. The molecule has 0 aliphatic carbocycles. The number of hydrogen-bond acceptors (Lipinski definition) is 3. The molecule has 1 heterocycles. The SMILES string of the molecule is CN1CCN(CC(=O)O)S1(=O)=O. The molecular formula is C5H10N2O4S.